The normalized spacial score (nSPS) is 14.1. The van der Waals surface area contributed by atoms with Crippen LogP contribution in [0.2, 0.25) is 5.02 Å². The average Bonchev–Trinajstić information content (AvgIpc) is 3.28. The van der Waals surface area contributed by atoms with E-state index in [4.69, 9.17) is 16.3 Å². The Kier molecular flexibility index (Phi) is 5.45. The number of halogens is 1. The number of hydrogen-bond donors (Lipinski definition) is 1. The minimum atomic E-state index is -0.363. The molecule has 0 unspecified atom stereocenters. The fourth-order valence-corrected chi connectivity index (χ4v) is 2.94. The molecular formula is C18H18ClN7O2. The van der Waals surface area contributed by atoms with Crippen LogP contribution in [0.1, 0.15) is 16.1 Å². The fraction of sp³-hybridized carbons (Fsp3) is 0.278. The Morgan fingerprint density at radius 2 is 2.07 bits per heavy atom. The van der Waals surface area contributed by atoms with Crippen LogP contribution in [-0.2, 0) is 11.3 Å². The molecule has 1 aliphatic heterocycles. The summed E-state index contributed by atoms with van der Waals surface area (Å²) in [5.41, 5.74) is 1.00. The molecule has 0 atom stereocenters. The number of ether oxygens (including phenoxy) is 1. The van der Waals surface area contributed by atoms with Crippen LogP contribution in [0.3, 0.4) is 0 Å². The summed E-state index contributed by atoms with van der Waals surface area (Å²) in [6.45, 7) is 2.87. The summed E-state index contributed by atoms with van der Waals surface area (Å²) in [4.78, 5) is 27.4. The standard InChI is InChI=1S/C18H18ClN7O2/c19-14-12-22-18(25-6-8-28-9-7-25)24-16(14)17(27)21-11-13-2-3-15(20-10-13)26-5-1-4-23-26/h1-5,10,12H,6-9,11H2,(H,21,27). The van der Waals surface area contributed by atoms with E-state index in [1.54, 1.807) is 17.1 Å². The number of carbonyl (C=O) groups is 1. The number of nitrogens with zero attached hydrogens (tertiary/aromatic N) is 6. The summed E-state index contributed by atoms with van der Waals surface area (Å²) in [7, 11) is 0. The summed E-state index contributed by atoms with van der Waals surface area (Å²) in [6.07, 6.45) is 6.64. The molecule has 3 aromatic heterocycles. The number of carbonyl (C=O) groups excluding carboxylic acids is 1. The first-order valence-electron chi connectivity index (χ1n) is 8.79. The van der Waals surface area contributed by atoms with E-state index in [1.807, 2.05) is 29.3 Å². The van der Waals surface area contributed by atoms with Crippen molar-refractivity contribution in [1.82, 2.24) is 30.0 Å². The Bertz CT molecular complexity index is 941. The van der Waals surface area contributed by atoms with E-state index in [1.165, 1.54) is 6.20 Å². The van der Waals surface area contributed by atoms with Crippen LogP contribution in [0.25, 0.3) is 5.82 Å². The highest BCUT2D eigenvalue weighted by Gasteiger charge is 2.19. The van der Waals surface area contributed by atoms with Crippen molar-refractivity contribution < 1.29 is 9.53 Å². The smallest absolute Gasteiger partial charge is 0.271 e. The van der Waals surface area contributed by atoms with Gasteiger partial charge in [0.2, 0.25) is 5.95 Å². The zero-order valence-corrected chi connectivity index (χ0v) is 15.7. The van der Waals surface area contributed by atoms with E-state index in [0.29, 0.717) is 44.6 Å². The molecule has 1 amide bonds. The third-order valence-corrected chi connectivity index (χ3v) is 4.52. The number of anilines is 1. The van der Waals surface area contributed by atoms with Crippen molar-refractivity contribution in [3.8, 4) is 5.82 Å². The Hall–Kier alpha value is -3.04. The molecule has 9 nitrogen and oxygen atoms in total. The van der Waals surface area contributed by atoms with E-state index in [0.717, 1.165) is 5.56 Å². The van der Waals surface area contributed by atoms with E-state index < -0.39 is 0 Å². The fourth-order valence-electron chi connectivity index (χ4n) is 2.76. The molecule has 0 bridgehead atoms. The monoisotopic (exact) mass is 399 g/mol. The SMILES string of the molecule is O=C(NCc1ccc(-n2cccn2)nc1)c1nc(N2CCOCC2)ncc1Cl. The van der Waals surface area contributed by atoms with Gasteiger partial charge < -0.3 is 15.0 Å². The predicted octanol–water partition coefficient (Wildman–Crippen LogP) is 1.48. The number of nitrogens with one attached hydrogen (secondary N) is 1. The van der Waals surface area contributed by atoms with Gasteiger partial charge in [0, 0.05) is 38.2 Å². The largest absolute Gasteiger partial charge is 0.378 e. The molecule has 1 saturated heterocycles. The number of hydrogen-bond acceptors (Lipinski definition) is 7. The maximum absolute atomic E-state index is 12.6. The first kappa shape index (κ1) is 18.3. The van der Waals surface area contributed by atoms with Gasteiger partial charge in [0.05, 0.1) is 24.4 Å². The van der Waals surface area contributed by atoms with Gasteiger partial charge in [-0.15, -0.1) is 0 Å². The van der Waals surface area contributed by atoms with Crippen molar-refractivity contribution in [3.63, 3.8) is 0 Å². The lowest BCUT2D eigenvalue weighted by Gasteiger charge is -2.26. The van der Waals surface area contributed by atoms with Crippen LogP contribution in [-0.4, -0.2) is 56.9 Å². The molecule has 0 aromatic carbocycles. The molecule has 1 fully saturated rings. The molecule has 0 radical (unpaired) electrons. The number of pyridine rings is 1. The third kappa shape index (κ3) is 4.10. The lowest BCUT2D eigenvalue weighted by molar-refractivity contribution is 0.0945. The van der Waals surface area contributed by atoms with Crippen LogP contribution in [0, 0.1) is 0 Å². The van der Waals surface area contributed by atoms with E-state index in [2.05, 4.69) is 25.4 Å². The first-order chi connectivity index (χ1) is 13.7. The molecule has 1 aliphatic rings. The third-order valence-electron chi connectivity index (χ3n) is 4.24. The molecule has 0 aliphatic carbocycles. The van der Waals surface area contributed by atoms with Gasteiger partial charge >= 0.3 is 0 Å². The number of morpholine rings is 1. The summed E-state index contributed by atoms with van der Waals surface area (Å²) in [6, 6.07) is 5.54. The molecular weight excluding hydrogens is 382 g/mol. The van der Waals surface area contributed by atoms with Gasteiger partial charge in [-0.25, -0.2) is 19.6 Å². The minimum absolute atomic E-state index is 0.152. The Morgan fingerprint density at radius 3 is 2.79 bits per heavy atom. The zero-order valence-electron chi connectivity index (χ0n) is 15.0. The molecule has 4 heterocycles. The van der Waals surface area contributed by atoms with Crippen molar-refractivity contribution in [2.75, 3.05) is 31.2 Å². The van der Waals surface area contributed by atoms with Crippen molar-refractivity contribution >= 4 is 23.5 Å². The molecule has 28 heavy (non-hydrogen) atoms. The second-order valence-electron chi connectivity index (χ2n) is 6.12. The lowest BCUT2D eigenvalue weighted by atomic mass is 10.2. The van der Waals surface area contributed by atoms with E-state index >= 15 is 0 Å². The lowest BCUT2D eigenvalue weighted by Crippen LogP contribution is -2.37. The number of aromatic nitrogens is 5. The van der Waals surface area contributed by atoms with Crippen LogP contribution >= 0.6 is 11.6 Å². The summed E-state index contributed by atoms with van der Waals surface area (Å²) < 4.78 is 6.99. The zero-order chi connectivity index (χ0) is 19.3. The number of rotatable bonds is 5. The Balaban J connectivity index is 1.42. The molecule has 0 saturated carbocycles. The summed E-state index contributed by atoms with van der Waals surface area (Å²) in [5, 5.41) is 7.16. The van der Waals surface area contributed by atoms with Gasteiger partial charge in [-0.05, 0) is 17.7 Å². The van der Waals surface area contributed by atoms with E-state index in [9.17, 15) is 4.79 Å². The van der Waals surface area contributed by atoms with Gasteiger partial charge in [-0.1, -0.05) is 17.7 Å². The van der Waals surface area contributed by atoms with Crippen molar-refractivity contribution in [2.24, 2.45) is 0 Å². The van der Waals surface area contributed by atoms with Crippen LogP contribution < -0.4 is 10.2 Å². The maximum Gasteiger partial charge on any atom is 0.271 e. The summed E-state index contributed by atoms with van der Waals surface area (Å²) >= 11 is 6.14. The average molecular weight is 400 g/mol. The molecule has 0 spiro atoms. The van der Waals surface area contributed by atoms with Gasteiger partial charge in [-0.3, -0.25) is 4.79 Å². The Labute approximate surface area is 166 Å². The van der Waals surface area contributed by atoms with Gasteiger partial charge in [0.15, 0.2) is 11.5 Å². The summed E-state index contributed by atoms with van der Waals surface area (Å²) in [5.74, 6) is 0.815. The maximum atomic E-state index is 12.6. The van der Waals surface area contributed by atoms with Gasteiger partial charge in [-0.2, -0.15) is 5.10 Å². The van der Waals surface area contributed by atoms with Crippen molar-refractivity contribution in [2.45, 2.75) is 6.54 Å². The first-order valence-corrected chi connectivity index (χ1v) is 9.17. The highest BCUT2D eigenvalue weighted by molar-refractivity contribution is 6.33. The molecule has 144 valence electrons. The Morgan fingerprint density at radius 1 is 1.21 bits per heavy atom. The van der Waals surface area contributed by atoms with E-state index in [-0.39, 0.29) is 16.6 Å². The molecule has 3 aromatic rings. The second kappa shape index (κ2) is 8.32. The van der Waals surface area contributed by atoms with Gasteiger partial charge in [0.25, 0.3) is 5.91 Å². The van der Waals surface area contributed by atoms with Crippen molar-refractivity contribution in [1.29, 1.82) is 0 Å². The second-order valence-corrected chi connectivity index (χ2v) is 6.53. The number of amides is 1. The van der Waals surface area contributed by atoms with Crippen LogP contribution in [0.4, 0.5) is 5.95 Å². The minimum Gasteiger partial charge on any atom is -0.378 e. The topological polar surface area (TPSA) is 98.1 Å². The van der Waals surface area contributed by atoms with Gasteiger partial charge in [0.1, 0.15) is 0 Å². The molecule has 1 N–H and O–H groups in total. The molecule has 4 rings (SSSR count). The highest BCUT2D eigenvalue weighted by Crippen LogP contribution is 2.17. The van der Waals surface area contributed by atoms with Crippen LogP contribution in [0.15, 0.2) is 43.0 Å². The quantitative estimate of drug-likeness (QED) is 0.693. The molecule has 10 heteroatoms. The van der Waals surface area contributed by atoms with Crippen LogP contribution in [0.5, 0.6) is 0 Å². The van der Waals surface area contributed by atoms with Crippen molar-refractivity contribution in [3.05, 3.63) is 59.3 Å². The predicted molar refractivity (Wildman–Crippen MR) is 103 cm³/mol. The highest BCUT2D eigenvalue weighted by atomic mass is 35.5.